The molecule has 182 valence electrons. The third-order valence-electron chi connectivity index (χ3n) is 6.37. The molecular weight excluding hydrogens is 458 g/mol. The van der Waals surface area contributed by atoms with Gasteiger partial charge in [0.1, 0.15) is 0 Å². The molecule has 2 aromatic carbocycles. The Morgan fingerprint density at radius 2 is 1.74 bits per heavy atom. The molecule has 0 saturated carbocycles. The number of benzene rings is 2. The summed E-state index contributed by atoms with van der Waals surface area (Å²) in [7, 11) is -1.04. The molecule has 0 bridgehead atoms. The zero-order valence-electron chi connectivity index (χ0n) is 19.7. The predicted molar refractivity (Wildman–Crippen MR) is 139 cm³/mol. The predicted octanol–water partition coefficient (Wildman–Crippen LogP) is 5.95. The number of carbonyl (C=O) groups is 1. The van der Waals surface area contributed by atoms with E-state index in [1.165, 1.54) is 11.1 Å². The zero-order chi connectivity index (χ0) is 24.5. The molecule has 1 aromatic heterocycles. The van der Waals surface area contributed by atoms with Crippen LogP contribution in [0.15, 0.2) is 91.3 Å². The molecule has 1 aliphatic heterocycles. The molecule has 6 heteroatoms. The summed E-state index contributed by atoms with van der Waals surface area (Å²) in [4.78, 5) is 15.0. The number of aromatic nitrogens is 1. The van der Waals surface area contributed by atoms with E-state index in [1.54, 1.807) is 6.20 Å². The summed E-state index contributed by atoms with van der Waals surface area (Å²) in [6, 6.07) is 22.6. The number of carboxylic acids is 1. The van der Waals surface area contributed by atoms with Crippen LogP contribution in [0.5, 0.6) is 0 Å². The first-order valence-corrected chi connectivity index (χ1v) is 13.4. The first-order valence-electron chi connectivity index (χ1n) is 12.0. The Labute approximate surface area is 209 Å². The fourth-order valence-electron chi connectivity index (χ4n) is 4.59. The van der Waals surface area contributed by atoms with E-state index in [0.29, 0.717) is 18.8 Å². The summed E-state index contributed by atoms with van der Waals surface area (Å²) in [5.74, 6) is -0.176. The van der Waals surface area contributed by atoms with Gasteiger partial charge in [-0.2, -0.15) is 0 Å². The summed E-state index contributed by atoms with van der Waals surface area (Å²) in [6.45, 7) is 0.474. The lowest BCUT2D eigenvalue weighted by Crippen LogP contribution is -2.23. The normalized spacial score (nSPS) is 21.9. The van der Waals surface area contributed by atoms with Gasteiger partial charge >= 0.3 is 5.97 Å². The maximum absolute atomic E-state index is 13.1. The van der Waals surface area contributed by atoms with Gasteiger partial charge in [0.2, 0.25) is 0 Å². The van der Waals surface area contributed by atoms with E-state index in [2.05, 4.69) is 41.4 Å². The lowest BCUT2D eigenvalue weighted by atomic mass is 9.90. The highest BCUT2D eigenvalue weighted by atomic mass is 32.2. The molecule has 0 radical (unpaired) electrons. The van der Waals surface area contributed by atoms with E-state index in [9.17, 15) is 9.00 Å². The molecule has 5 nitrogen and oxygen atoms in total. The molecule has 3 aromatic rings. The second kappa shape index (κ2) is 12.6. The number of nitrogens with zero attached hydrogens (tertiary/aromatic N) is 1. The average Bonchev–Trinajstić information content (AvgIpc) is 3.20. The molecule has 1 fully saturated rings. The molecule has 1 unspecified atom stereocenters. The van der Waals surface area contributed by atoms with Crippen LogP contribution >= 0.6 is 0 Å². The van der Waals surface area contributed by atoms with Gasteiger partial charge in [0.05, 0.1) is 23.7 Å². The van der Waals surface area contributed by atoms with Gasteiger partial charge in [0.25, 0.3) is 0 Å². The number of aliphatic carboxylic acids is 1. The van der Waals surface area contributed by atoms with Crippen LogP contribution in [0, 0.1) is 5.92 Å². The second-order valence-corrected chi connectivity index (χ2v) is 10.4. The van der Waals surface area contributed by atoms with Gasteiger partial charge in [0.15, 0.2) is 0 Å². The lowest BCUT2D eigenvalue weighted by Gasteiger charge is -2.23. The van der Waals surface area contributed by atoms with Gasteiger partial charge in [-0.1, -0.05) is 72.8 Å². The minimum Gasteiger partial charge on any atom is -0.481 e. The van der Waals surface area contributed by atoms with Gasteiger partial charge in [-0.05, 0) is 47.6 Å². The van der Waals surface area contributed by atoms with Crippen molar-refractivity contribution in [2.24, 2.45) is 5.92 Å². The molecule has 0 aliphatic carbocycles. The van der Waals surface area contributed by atoms with Crippen molar-refractivity contribution < 1.29 is 18.8 Å². The Kier molecular flexibility index (Phi) is 8.98. The number of allylic oxidation sites excluding steroid dienone is 2. The van der Waals surface area contributed by atoms with E-state index in [-0.39, 0.29) is 23.7 Å². The van der Waals surface area contributed by atoms with Crippen LogP contribution in [-0.4, -0.2) is 32.1 Å². The van der Waals surface area contributed by atoms with Crippen molar-refractivity contribution in [1.82, 2.24) is 4.98 Å². The summed E-state index contributed by atoms with van der Waals surface area (Å²) >= 11 is 0. The maximum atomic E-state index is 13.1. The molecule has 1 aliphatic rings. The first-order chi connectivity index (χ1) is 17.1. The van der Waals surface area contributed by atoms with Gasteiger partial charge < -0.3 is 9.84 Å². The van der Waals surface area contributed by atoms with E-state index >= 15 is 0 Å². The van der Waals surface area contributed by atoms with Crippen molar-refractivity contribution in [3.63, 3.8) is 0 Å². The van der Waals surface area contributed by atoms with Crippen molar-refractivity contribution >= 4 is 16.8 Å². The molecule has 4 rings (SSSR count). The van der Waals surface area contributed by atoms with Crippen molar-refractivity contribution in [1.29, 1.82) is 0 Å². The van der Waals surface area contributed by atoms with E-state index in [0.717, 1.165) is 24.0 Å². The smallest absolute Gasteiger partial charge is 0.303 e. The van der Waals surface area contributed by atoms with Gasteiger partial charge in [-0.15, -0.1) is 0 Å². The van der Waals surface area contributed by atoms with Crippen molar-refractivity contribution in [3.8, 4) is 11.1 Å². The van der Waals surface area contributed by atoms with Crippen LogP contribution < -0.4 is 0 Å². The number of pyridine rings is 1. The Hall–Kier alpha value is -3.09. The van der Waals surface area contributed by atoms with E-state index < -0.39 is 16.8 Å². The molecule has 2 heterocycles. The summed E-state index contributed by atoms with van der Waals surface area (Å²) in [5.41, 5.74) is 4.43. The van der Waals surface area contributed by atoms with Crippen LogP contribution in [-0.2, 0) is 26.9 Å². The number of hydrogen-bond acceptors (Lipinski definition) is 4. The fourth-order valence-corrected chi connectivity index (χ4v) is 6.61. The second-order valence-electron chi connectivity index (χ2n) is 8.81. The highest BCUT2D eigenvalue weighted by Gasteiger charge is 2.42. The lowest BCUT2D eigenvalue weighted by molar-refractivity contribution is -0.136. The molecule has 1 N–H and O–H groups in total. The minimum atomic E-state index is -1.04. The molecule has 0 amide bonds. The van der Waals surface area contributed by atoms with Crippen molar-refractivity contribution in [2.45, 2.75) is 43.6 Å². The monoisotopic (exact) mass is 489 g/mol. The summed E-state index contributed by atoms with van der Waals surface area (Å²) in [6.07, 6.45) is 9.66. The number of hydrogen-bond donors (Lipinski definition) is 1. The highest BCUT2D eigenvalue weighted by molar-refractivity contribution is 7.85. The van der Waals surface area contributed by atoms with E-state index in [4.69, 9.17) is 9.84 Å². The van der Waals surface area contributed by atoms with Gasteiger partial charge in [-0.25, -0.2) is 0 Å². The average molecular weight is 490 g/mol. The van der Waals surface area contributed by atoms with Crippen LogP contribution in [0.25, 0.3) is 11.1 Å². The SMILES string of the molecule is O=C(O)CC/C=C\CC[C@H]1[C@@H](OCc2ccc(-c3ccccc3)cc2)CS(=O)[C@@H]1c1cccnc1. The summed E-state index contributed by atoms with van der Waals surface area (Å²) in [5, 5.41) is 8.69. The number of ether oxygens (including phenoxy) is 1. The van der Waals surface area contributed by atoms with Crippen LogP contribution in [0.4, 0.5) is 0 Å². The third-order valence-corrected chi connectivity index (χ3v) is 8.22. The van der Waals surface area contributed by atoms with E-state index in [1.807, 2.05) is 48.7 Å². The molecule has 0 spiro atoms. The molecule has 4 atom stereocenters. The van der Waals surface area contributed by atoms with Crippen LogP contribution in [0.2, 0.25) is 0 Å². The molecule has 1 saturated heterocycles. The minimum absolute atomic E-state index is 0.104. The largest absolute Gasteiger partial charge is 0.481 e. The maximum Gasteiger partial charge on any atom is 0.303 e. The topological polar surface area (TPSA) is 76.5 Å². The Morgan fingerprint density at radius 3 is 2.46 bits per heavy atom. The zero-order valence-corrected chi connectivity index (χ0v) is 20.5. The van der Waals surface area contributed by atoms with Gasteiger partial charge in [-0.3, -0.25) is 14.0 Å². The molecule has 35 heavy (non-hydrogen) atoms. The first kappa shape index (κ1) is 25.0. The number of carboxylic acid groups (broad SMARTS) is 1. The summed E-state index contributed by atoms with van der Waals surface area (Å²) < 4.78 is 19.5. The van der Waals surface area contributed by atoms with Crippen LogP contribution in [0.1, 0.15) is 42.1 Å². The Morgan fingerprint density at radius 1 is 1.00 bits per heavy atom. The fraction of sp³-hybridized carbons (Fsp3) is 0.310. The van der Waals surface area contributed by atoms with Gasteiger partial charge in [0, 0.05) is 35.5 Å². The number of rotatable bonds is 11. The molecular formula is C29H31NO4S. The highest BCUT2D eigenvalue weighted by Crippen LogP contribution is 2.41. The standard InChI is InChI=1S/C29H31NO4S/c31-28(32)13-7-2-1-6-12-26-27(21-35(33)29(26)25-11-8-18-30-19-25)34-20-22-14-16-24(17-15-22)23-9-4-3-5-10-23/h1-5,8-11,14-19,26-27,29H,6-7,12-13,20-21H2,(H,31,32)/b2-1-/t26-,27-,29+,35?/m0/s1. The van der Waals surface area contributed by atoms with Crippen molar-refractivity contribution in [2.75, 3.05) is 5.75 Å². The Bertz CT molecular complexity index is 1130. The van der Waals surface area contributed by atoms with Crippen molar-refractivity contribution in [3.05, 3.63) is 102 Å². The quantitative estimate of drug-likeness (QED) is 0.337. The Balaban J connectivity index is 1.41. The van der Waals surface area contributed by atoms with Crippen LogP contribution in [0.3, 0.4) is 0 Å². The third kappa shape index (κ3) is 6.96.